The smallest absolute Gasteiger partial charge is 0.328 e. The van der Waals surface area contributed by atoms with Crippen molar-refractivity contribution >= 4 is 17.8 Å². The van der Waals surface area contributed by atoms with Crippen molar-refractivity contribution < 1.29 is 14.4 Å². The number of amides is 4. The topological polar surface area (TPSA) is 78.5 Å². The Bertz CT molecular complexity index is 1040. The Labute approximate surface area is 313 Å². The summed E-state index contributed by atoms with van der Waals surface area (Å²) in [6, 6.07) is -0.763. The molecule has 2 aliphatic heterocycles. The van der Waals surface area contributed by atoms with Crippen LogP contribution >= 0.6 is 0 Å². The lowest BCUT2D eigenvalue weighted by Gasteiger charge is -2.34. The molecule has 0 radical (unpaired) electrons. The van der Waals surface area contributed by atoms with E-state index in [-0.39, 0.29) is 5.57 Å². The maximum atomic E-state index is 12.4. The van der Waals surface area contributed by atoms with Crippen LogP contribution < -0.4 is 10.6 Å². The molecule has 0 aliphatic carbocycles. The third-order valence-corrected chi connectivity index (χ3v) is 10.6. The molecular formula is C45H77N3O3. The van der Waals surface area contributed by atoms with Crippen molar-refractivity contribution in [3.05, 3.63) is 46.8 Å². The zero-order valence-electron chi connectivity index (χ0n) is 33.4. The number of allylic oxidation sites excluding steroid dienone is 7. The average molecular weight is 708 g/mol. The van der Waals surface area contributed by atoms with Crippen LogP contribution in [-0.2, 0) is 9.59 Å². The van der Waals surface area contributed by atoms with Crippen LogP contribution in [0.4, 0.5) is 4.79 Å². The van der Waals surface area contributed by atoms with Gasteiger partial charge in [0.2, 0.25) is 0 Å². The number of imide groups is 2. The molecule has 0 saturated carbocycles. The van der Waals surface area contributed by atoms with Gasteiger partial charge in [0, 0.05) is 17.9 Å². The minimum atomic E-state index is -0.763. The van der Waals surface area contributed by atoms with E-state index in [4.69, 9.17) is 0 Å². The van der Waals surface area contributed by atoms with Gasteiger partial charge in [-0.05, 0) is 55.9 Å². The first-order valence-corrected chi connectivity index (χ1v) is 21.8. The number of hydrogen-bond acceptors (Lipinski definition) is 4. The normalized spacial score (nSPS) is 14.8. The summed E-state index contributed by atoms with van der Waals surface area (Å²) in [7, 11) is 0. The second-order valence-corrected chi connectivity index (χ2v) is 15.2. The molecule has 0 atom stereocenters. The van der Waals surface area contributed by atoms with Gasteiger partial charge in [0.1, 0.15) is 5.57 Å². The minimum Gasteiger partial charge on any atom is -0.349 e. The Kier molecular flexibility index (Phi) is 26.1. The molecule has 6 nitrogen and oxygen atoms in total. The van der Waals surface area contributed by atoms with Crippen molar-refractivity contribution in [2.75, 3.05) is 6.54 Å². The van der Waals surface area contributed by atoms with E-state index in [1.807, 2.05) is 6.08 Å². The molecule has 0 aromatic heterocycles. The van der Waals surface area contributed by atoms with Crippen LogP contribution in [0.25, 0.3) is 0 Å². The lowest BCUT2D eigenvalue weighted by Crippen LogP contribution is -2.51. The molecule has 1 saturated heterocycles. The largest absolute Gasteiger partial charge is 0.349 e. The van der Waals surface area contributed by atoms with E-state index >= 15 is 0 Å². The van der Waals surface area contributed by atoms with Crippen LogP contribution in [0.2, 0.25) is 0 Å². The standard InChI is InChI=1S/C45H77N3O3/c1-4-7-10-13-16-19-22-25-28-31-36-48-40(32-29-26-23-20-17-14-11-8-5-2)37-39(34-35-42-43(49)46-45(51)47-44(42)50)38-41(48)33-30-27-24-21-18-15-12-9-6-3/h34-35,37-38H,4-33,36H2,1-3H3,(H2,46,47,49,50,51). The number of barbiturate groups is 1. The number of nitrogens with one attached hydrogen (secondary N) is 2. The molecule has 1 fully saturated rings. The highest BCUT2D eigenvalue weighted by Gasteiger charge is 2.27. The van der Waals surface area contributed by atoms with Crippen LogP contribution in [0.15, 0.2) is 46.8 Å². The predicted octanol–water partition coefficient (Wildman–Crippen LogP) is 13.1. The summed E-state index contributed by atoms with van der Waals surface area (Å²) in [6.45, 7) is 7.90. The summed E-state index contributed by atoms with van der Waals surface area (Å²) in [5.74, 6) is -1.28. The van der Waals surface area contributed by atoms with Gasteiger partial charge in [-0.3, -0.25) is 20.2 Å². The number of hydrogen-bond donors (Lipinski definition) is 2. The molecule has 0 aromatic rings. The van der Waals surface area contributed by atoms with Gasteiger partial charge in [0.15, 0.2) is 0 Å². The Morgan fingerprint density at radius 3 is 1.16 bits per heavy atom. The van der Waals surface area contributed by atoms with E-state index < -0.39 is 17.8 Å². The maximum Gasteiger partial charge on any atom is 0.328 e. The summed E-state index contributed by atoms with van der Waals surface area (Å²) in [6.07, 6.45) is 47.1. The van der Waals surface area contributed by atoms with E-state index in [2.05, 4.69) is 48.5 Å². The zero-order chi connectivity index (χ0) is 36.8. The zero-order valence-corrected chi connectivity index (χ0v) is 33.4. The summed E-state index contributed by atoms with van der Waals surface area (Å²) < 4.78 is 0. The highest BCUT2D eigenvalue weighted by Crippen LogP contribution is 2.31. The number of unbranched alkanes of at least 4 members (excludes halogenated alkanes) is 25. The van der Waals surface area contributed by atoms with Crippen LogP contribution in [-0.4, -0.2) is 29.3 Å². The van der Waals surface area contributed by atoms with Crippen molar-refractivity contribution in [3.8, 4) is 0 Å². The number of carbonyl (C=O) groups is 3. The molecule has 2 N–H and O–H groups in total. The summed E-state index contributed by atoms with van der Waals surface area (Å²) >= 11 is 0. The van der Waals surface area contributed by atoms with Gasteiger partial charge in [-0.15, -0.1) is 0 Å². The Morgan fingerprint density at radius 2 is 0.784 bits per heavy atom. The highest BCUT2D eigenvalue weighted by atomic mass is 16.2. The summed E-state index contributed by atoms with van der Waals surface area (Å²) in [5, 5.41) is 4.39. The SMILES string of the molecule is CCCCCCCCCCCCN1C(CCCCCCCCCCC)=CC(=CC=C2C(=O)NC(=O)NC2=O)C=C1CCCCCCCCCCC. The second-order valence-electron chi connectivity index (χ2n) is 15.2. The van der Waals surface area contributed by atoms with Crippen molar-refractivity contribution in [2.24, 2.45) is 0 Å². The van der Waals surface area contributed by atoms with Gasteiger partial charge in [-0.25, -0.2) is 4.79 Å². The van der Waals surface area contributed by atoms with Crippen molar-refractivity contribution in [2.45, 2.75) is 213 Å². The molecule has 0 unspecified atom stereocenters. The van der Waals surface area contributed by atoms with Gasteiger partial charge in [0.25, 0.3) is 11.8 Å². The fourth-order valence-electron chi connectivity index (χ4n) is 7.36. The first-order chi connectivity index (χ1) is 25.0. The molecular weight excluding hydrogens is 631 g/mol. The van der Waals surface area contributed by atoms with Gasteiger partial charge in [0.05, 0.1) is 0 Å². The molecule has 0 spiro atoms. The molecule has 2 aliphatic rings. The number of urea groups is 1. The van der Waals surface area contributed by atoms with E-state index in [0.717, 1.165) is 25.0 Å². The van der Waals surface area contributed by atoms with E-state index in [1.54, 1.807) is 6.08 Å². The summed E-state index contributed by atoms with van der Waals surface area (Å²) in [5.41, 5.74) is 3.74. The number of rotatable bonds is 32. The Morgan fingerprint density at radius 1 is 0.451 bits per heavy atom. The predicted molar refractivity (Wildman–Crippen MR) is 216 cm³/mol. The molecule has 51 heavy (non-hydrogen) atoms. The number of carbonyl (C=O) groups excluding carboxylic acids is 3. The molecule has 2 rings (SSSR count). The van der Waals surface area contributed by atoms with Gasteiger partial charge in [-0.1, -0.05) is 187 Å². The van der Waals surface area contributed by atoms with Crippen molar-refractivity contribution in [1.29, 1.82) is 0 Å². The quantitative estimate of drug-likeness (QED) is 0.0414. The van der Waals surface area contributed by atoms with Gasteiger partial charge >= 0.3 is 6.03 Å². The molecule has 0 aromatic carbocycles. The maximum absolute atomic E-state index is 12.4. The third kappa shape index (κ3) is 20.9. The van der Waals surface area contributed by atoms with E-state index in [9.17, 15) is 14.4 Å². The lowest BCUT2D eigenvalue weighted by atomic mass is 9.97. The fraction of sp³-hybridized carbons (Fsp3) is 0.756. The average Bonchev–Trinajstić information content (AvgIpc) is 3.11. The molecule has 6 heteroatoms. The molecule has 290 valence electrons. The van der Waals surface area contributed by atoms with Crippen LogP contribution in [0.5, 0.6) is 0 Å². The second kappa shape index (κ2) is 29.9. The van der Waals surface area contributed by atoms with E-state index in [1.165, 1.54) is 191 Å². The third-order valence-electron chi connectivity index (χ3n) is 10.6. The Balaban J connectivity index is 2.10. The van der Waals surface area contributed by atoms with Crippen molar-refractivity contribution in [3.63, 3.8) is 0 Å². The van der Waals surface area contributed by atoms with Gasteiger partial charge < -0.3 is 4.90 Å². The molecule has 2 heterocycles. The lowest BCUT2D eigenvalue weighted by molar-refractivity contribution is -0.124. The molecule has 4 amide bonds. The van der Waals surface area contributed by atoms with Crippen molar-refractivity contribution in [1.82, 2.24) is 15.5 Å². The first kappa shape index (κ1) is 44.5. The van der Waals surface area contributed by atoms with Gasteiger partial charge in [-0.2, -0.15) is 0 Å². The fourth-order valence-corrected chi connectivity index (χ4v) is 7.36. The van der Waals surface area contributed by atoms with Crippen LogP contribution in [0.1, 0.15) is 213 Å². The monoisotopic (exact) mass is 708 g/mol. The molecule has 0 bridgehead atoms. The minimum absolute atomic E-state index is 0.0299. The first-order valence-electron chi connectivity index (χ1n) is 21.8. The number of nitrogens with zero attached hydrogens (tertiary/aromatic N) is 1. The Hall–Kier alpha value is -2.63. The van der Waals surface area contributed by atoms with Crippen LogP contribution in [0.3, 0.4) is 0 Å². The highest BCUT2D eigenvalue weighted by molar-refractivity contribution is 6.29. The van der Waals surface area contributed by atoms with E-state index in [0.29, 0.717) is 0 Å². The summed E-state index contributed by atoms with van der Waals surface area (Å²) in [4.78, 5) is 39.0. The van der Waals surface area contributed by atoms with Crippen LogP contribution in [0, 0.1) is 0 Å².